The van der Waals surface area contributed by atoms with Crippen molar-refractivity contribution in [2.24, 2.45) is 0 Å². The Bertz CT molecular complexity index is 3200. The topological polar surface area (TPSA) is 13.1 Å². The molecular formula is C54H34O. The fraction of sp³-hybridized carbons (Fsp3) is 0. The first-order valence-corrected chi connectivity index (χ1v) is 18.9. The summed E-state index contributed by atoms with van der Waals surface area (Å²) in [7, 11) is 0. The van der Waals surface area contributed by atoms with Crippen molar-refractivity contribution in [1.29, 1.82) is 0 Å². The number of rotatable bonds is 5. The van der Waals surface area contributed by atoms with E-state index in [1.807, 2.05) is 6.07 Å². The van der Waals surface area contributed by atoms with Crippen LogP contribution in [0.3, 0.4) is 0 Å². The van der Waals surface area contributed by atoms with E-state index in [9.17, 15) is 0 Å². The number of hydrogen-bond donors (Lipinski definition) is 0. The first-order valence-electron chi connectivity index (χ1n) is 18.9. The second-order valence-corrected chi connectivity index (χ2v) is 14.4. The molecule has 11 rings (SSSR count). The van der Waals surface area contributed by atoms with Crippen LogP contribution in [0.2, 0.25) is 0 Å². The van der Waals surface area contributed by atoms with Gasteiger partial charge in [0.2, 0.25) is 0 Å². The lowest BCUT2D eigenvalue weighted by molar-refractivity contribution is 0.669. The third-order valence-electron chi connectivity index (χ3n) is 11.3. The number of fused-ring (bicyclic) bond motifs is 6. The fourth-order valence-electron chi connectivity index (χ4n) is 8.82. The van der Waals surface area contributed by atoms with Crippen LogP contribution in [0.4, 0.5) is 0 Å². The van der Waals surface area contributed by atoms with Crippen molar-refractivity contribution in [2.45, 2.75) is 0 Å². The van der Waals surface area contributed by atoms with Crippen LogP contribution in [0.15, 0.2) is 211 Å². The molecule has 11 aromatic rings. The van der Waals surface area contributed by atoms with Gasteiger partial charge in [-0.15, -0.1) is 0 Å². The minimum atomic E-state index is 0.896. The number of benzene rings is 10. The van der Waals surface area contributed by atoms with Crippen LogP contribution in [-0.2, 0) is 0 Å². The highest BCUT2D eigenvalue weighted by atomic mass is 16.3. The molecule has 0 atom stereocenters. The Morgan fingerprint density at radius 2 is 0.782 bits per heavy atom. The maximum absolute atomic E-state index is 6.31. The molecule has 0 fully saturated rings. The number of para-hydroxylation sites is 1. The molecule has 1 heteroatoms. The molecule has 1 aromatic heterocycles. The van der Waals surface area contributed by atoms with E-state index in [2.05, 4.69) is 200 Å². The van der Waals surface area contributed by atoms with E-state index in [1.165, 1.54) is 82.4 Å². The molecule has 256 valence electrons. The Morgan fingerprint density at radius 3 is 1.55 bits per heavy atom. The molecule has 0 aliphatic carbocycles. The van der Waals surface area contributed by atoms with Crippen molar-refractivity contribution in [3.8, 4) is 55.6 Å². The molecule has 0 unspecified atom stereocenters. The van der Waals surface area contributed by atoms with Crippen LogP contribution in [0, 0.1) is 0 Å². The van der Waals surface area contributed by atoms with Gasteiger partial charge in [0.15, 0.2) is 0 Å². The lowest BCUT2D eigenvalue weighted by atomic mass is 9.80. The van der Waals surface area contributed by atoms with Gasteiger partial charge in [-0.25, -0.2) is 0 Å². The molecule has 0 saturated heterocycles. The maximum atomic E-state index is 6.31. The highest BCUT2D eigenvalue weighted by Crippen LogP contribution is 2.51. The Hall–Kier alpha value is -7.22. The van der Waals surface area contributed by atoms with E-state index in [1.54, 1.807) is 0 Å². The summed E-state index contributed by atoms with van der Waals surface area (Å²) in [6, 6.07) is 75.0. The van der Waals surface area contributed by atoms with Crippen LogP contribution >= 0.6 is 0 Å². The van der Waals surface area contributed by atoms with Crippen molar-refractivity contribution in [3.63, 3.8) is 0 Å². The Labute approximate surface area is 319 Å². The fourth-order valence-corrected chi connectivity index (χ4v) is 8.82. The molecule has 0 N–H and O–H groups in total. The summed E-state index contributed by atoms with van der Waals surface area (Å²) in [5, 5.41) is 9.66. The first-order chi connectivity index (χ1) is 27.3. The third-order valence-corrected chi connectivity index (χ3v) is 11.3. The Balaban J connectivity index is 1.28. The second-order valence-electron chi connectivity index (χ2n) is 14.4. The van der Waals surface area contributed by atoms with Gasteiger partial charge in [-0.2, -0.15) is 0 Å². The van der Waals surface area contributed by atoms with Crippen LogP contribution in [0.25, 0.3) is 110 Å². The Morgan fingerprint density at radius 1 is 0.236 bits per heavy atom. The number of furan rings is 1. The van der Waals surface area contributed by atoms with E-state index in [-0.39, 0.29) is 0 Å². The highest BCUT2D eigenvalue weighted by Gasteiger charge is 2.23. The number of hydrogen-bond acceptors (Lipinski definition) is 1. The smallest absolute Gasteiger partial charge is 0.135 e. The lowest BCUT2D eigenvalue weighted by Gasteiger charge is -2.23. The predicted octanol–water partition coefficient (Wildman–Crippen LogP) is 15.4. The molecule has 0 amide bonds. The third kappa shape index (κ3) is 5.09. The second kappa shape index (κ2) is 12.7. The lowest BCUT2D eigenvalue weighted by Crippen LogP contribution is -1.96. The van der Waals surface area contributed by atoms with E-state index >= 15 is 0 Å². The summed E-state index contributed by atoms with van der Waals surface area (Å²) in [4.78, 5) is 0. The monoisotopic (exact) mass is 698 g/mol. The van der Waals surface area contributed by atoms with E-state index < -0.39 is 0 Å². The quantitative estimate of drug-likeness (QED) is 0.163. The van der Waals surface area contributed by atoms with Gasteiger partial charge in [0.1, 0.15) is 11.2 Å². The van der Waals surface area contributed by atoms with Crippen LogP contribution in [-0.4, -0.2) is 0 Å². The van der Waals surface area contributed by atoms with Gasteiger partial charge in [-0.05, 0) is 112 Å². The Kier molecular flexibility index (Phi) is 7.25. The molecule has 0 bridgehead atoms. The summed E-state index contributed by atoms with van der Waals surface area (Å²) in [6.45, 7) is 0. The molecule has 0 radical (unpaired) electrons. The van der Waals surface area contributed by atoms with Gasteiger partial charge < -0.3 is 4.42 Å². The minimum Gasteiger partial charge on any atom is -0.456 e. The first kappa shape index (κ1) is 31.3. The van der Waals surface area contributed by atoms with E-state index in [0.717, 1.165) is 27.5 Å². The summed E-state index contributed by atoms with van der Waals surface area (Å²) < 4.78 is 6.31. The van der Waals surface area contributed by atoms with Crippen molar-refractivity contribution in [3.05, 3.63) is 206 Å². The normalized spacial score (nSPS) is 11.6. The van der Waals surface area contributed by atoms with Crippen molar-refractivity contribution < 1.29 is 4.42 Å². The van der Waals surface area contributed by atoms with E-state index in [0.29, 0.717) is 0 Å². The van der Waals surface area contributed by atoms with Gasteiger partial charge in [0.05, 0.1) is 0 Å². The largest absolute Gasteiger partial charge is 0.456 e. The zero-order valence-corrected chi connectivity index (χ0v) is 30.0. The van der Waals surface area contributed by atoms with Crippen LogP contribution in [0.5, 0.6) is 0 Å². The van der Waals surface area contributed by atoms with Crippen LogP contribution in [0.1, 0.15) is 0 Å². The zero-order valence-electron chi connectivity index (χ0n) is 30.0. The molecule has 1 nitrogen and oxygen atoms in total. The average Bonchev–Trinajstić information content (AvgIpc) is 3.63. The van der Waals surface area contributed by atoms with Crippen molar-refractivity contribution >= 4 is 54.3 Å². The summed E-state index contributed by atoms with van der Waals surface area (Å²) in [6.07, 6.45) is 0. The summed E-state index contributed by atoms with van der Waals surface area (Å²) >= 11 is 0. The molecule has 0 saturated carbocycles. The van der Waals surface area contributed by atoms with E-state index in [4.69, 9.17) is 4.42 Å². The van der Waals surface area contributed by atoms with Crippen LogP contribution < -0.4 is 0 Å². The predicted molar refractivity (Wildman–Crippen MR) is 233 cm³/mol. The van der Waals surface area contributed by atoms with Gasteiger partial charge in [-0.3, -0.25) is 0 Å². The molecule has 0 aliphatic rings. The average molecular weight is 699 g/mol. The molecule has 0 spiro atoms. The molecule has 0 aliphatic heterocycles. The molecule has 10 aromatic carbocycles. The zero-order chi connectivity index (χ0) is 36.3. The standard InChI is InChI=1S/C54H34O/c1-2-16-36(17-3-1)40-19-6-7-20-42(40)44-27-14-26-41(38-31-32-51-49(34-38)43-21-12-13-28-50(43)55-51)53(44)54-47-24-10-8-22-45(47)52(46-23-9-11-25-48(46)54)39-30-29-35-15-4-5-18-37(35)33-39/h1-34H. The van der Waals surface area contributed by atoms with Gasteiger partial charge in [0, 0.05) is 10.8 Å². The molecular weight excluding hydrogens is 665 g/mol. The highest BCUT2D eigenvalue weighted by molar-refractivity contribution is 6.24. The van der Waals surface area contributed by atoms with Gasteiger partial charge in [0.25, 0.3) is 0 Å². The molecule has 55 heavy (non-hydrogen) atoms. The summed E-state index contributed by atoms with van der Waals surface area (Å²) in [5.74, 6) is 0. The minimum absolute atomic E-state index is 0.896. The maximum Gasteiger partial charge on any atom is 0.135 e. The van der Waals surface area contributed by atoms with Gasteiger partial charge >= 0.3 is 0 Å². The van der Waals surface area contributed by atoms with Crippen molar-refractivity contribution in [1.82, 2.24) is 0 Å². The molecule has 1 heterocycles. The summed E-state index contributed by atoms with van der Waals surface area (Å²) in [5.41, 5.74) is 13.9. The van der Waals surface area contributed by atoms with Crippen molar-refractivity contribution in [2.75, 3.05) is 0 Å². The SMILES string of the molecule is c1ccc(-c2ccccc2-c2cccc(-c3ccc4oc5ccccc5c4c3)c2-c2c3ccccc3c(-c3ccc4ccccc4c3)c3ccccc23)cc1. The van der Waals surface area contributed by atoms with Gasteiger partial charge in [-0.1, -0.05) is 182 Å².